The zero-order valence-electron chi connectivity index (χ0n) is 23.6. The molecule has 208 valence electrons. The molecule has 2 amide bonds. The Morgan fingerprint density at radius 2 is 1.69 bits per heavy atom. The molecular weight excluding hydrogens is 490 g/mol. The first-order valence-electron chi connectivity index (χ1n) is 14.2. The maximum atomic E-state index is 13.1. The zero-order chi connectivity index (χ0) is 27.5. The van der Waals surface area contributed by atoms with Crippen molar-refractivity contribution in [2.75, 3.05) is 50.5 Å². The molecule has 2 fully saturated rings. The van der Waals surface area contributed by atoms with Gasteiger partial charge >= 0.3 is 6.03 Å². The second kappa shape index (κ2) is 11.8. The van der Waals surface area contributed by atoms with Crippen LogP contribution in [0.25, 0.3) is 10.9 Å². The largest absolute Gasteiger partial charge is 0.344 e. The molecule has 39 heavy (non-hydrogen) atoms. The lowest BCUT2D eigenvalue weighted by Gasteiger charge is -2.42. The molecule has 1 aromatic carbocycles. The van der Waals surface area contributed by atoms with Crippen LogP contribution in [-0.4, -0.2) is 83.6 Å². The van der Waals surface area contributed by atoms with Crippen molar-refractivity contribution in [1.82, 2.24) is 24.7 Å². The zero-order valence-corrected chi connectivity index (χ0v) is 23.6. The monoisotopic (exact) mass is 531 g/mol. The third-order valence-electron chi connectivity index (χ3n) is 8.52. The van der Waals surface area contributed by atoms with Crippen LogP contribution in [0.1, 0.15) is 39.5 Å². The van der Waals surface area contributed by atoms with Gasteiger partial charge in [-0.05, 0) is 96.0 Å². The molecule has 0 spiro atoms. The minimum Gasteiger partial charge on any atom is -0.344 e. The Morgan fingerprint density at radius 3 is 2.38 bits per heavy atom. The van der Waals surface area contributed by atoms with Crippen molar-refractivity contribution in [2.45, 2.75) is 51.6 Å². The number of amides is 2. The maximum absolute atomic E-state index is 13.1. The molecule has 0 bridgehead atoms. The lowest BCUT2D eigenvalue weighted by Crippen LogP contribution is -2.49. The van der Waals surface area contributed by atoms with E-state index >= 15 is 0 Å². The summed E-state index contributed by atoms with van der Waals surface area (Å²) in [4.78, 5) is 36.9. The van der Waals surface area contributed by atoms with E-state index in [1.807, 2.05) is 43.4 Å². The summed E-state index contributed by atoms with van der Waals surface area (Å²) in [7, 11) is 3.61. The van der Waals surface area contributed by atoms with E-state index in [4.69, 9.17) is 0 Å². The number of pyridine rings is 1. The lowest BCUT2D eigenvalue weighted by molar-refractivity contribution is -0.121. The van der Waals surface area contributed by atoms with E-state index in [1.165, 1.54) is 25.9 Å². The molecule has 2 aliphatic heterocycles. The number of anilines is 3. The predicted octanol–water partition coefficient (Wildman–Crippen LogP) is 4.52. The normalized spacial score (nSPS) is 18.0. The number of fused-ring (bicyclic) bond motifs is 1. The van der Waals surface area contributed by atoms with Crippen molar-refractivity contribution in [1.29, 1.82) is 0 Å². The Balaban J connectivity index is 1.17. The van der Waals surface area contributed by atoms with Crippen LogP contribution in [0.3, 0.4) is 0 Å². The van der Waals surface area contributed by atoms with Gasteiger partial charge in [0.15, 0.2) is 0 Å². The van der Waals surface area contributed by atoms with Crippen LogP contribution in [0.2, 0.25) is 0 Å². The Kier molecular flexibility index (Phi) is 8.18. The molecule has 2 saturated heterocycles. The third-order valence-corrected chi connectivity index (χ3v) is 8.52. The molecular formula is C30H41N7O2. The summed E-state index contributed by atoms with van der Waals surface area (Å²) in [5.41, 5.74) is 2.75. The number of likely N-dealkylation sites (tertiary alicyclic amines) is 2. The van der Waals surface area contributed by atoms with Gasteiger partial charge in [0, 0.05) is 67.3 Å². The molecule has 4 heterocycles. The van der Waals surface area contributed by atoms with Crippen LogP contribution < -0.4 is 15.5 Å². The highest BCUT2D eigenvalue weighted by atomic mass is 16.2. The summed E-state index contributed by atoms with van der Waals surface area (Å²) in [5, 5.41) is 6.71. The number of nitrogens with one attached hydrogen (secondary N) is 2. The number of benzene rings is 1. The summed E-state index contributed by atoms with van der Waals surface area (Å²) < 4.78 is 1.60. The van der Waals surface area contributed by atoms with E-state index in [1.54, 1.807) is 24.0 Å². The number of hydrogen-bond acceptors (Lipinski definition) is 6. The van der Waals surface area contributed by atoms with Crippen molar-refractivity contribution in [2.24, 2.45) is 5.92 Å². The Hall–Kier alpha value is -3.43. The number of rotatable bonds is 6. The van der Waals surface area contributed by atoms with Gasteiger partial charge in [0.25, 0.3) is 0 Å². The quantitative estimate of drug-likeness (QED) is 0.487. The summed E-state index contributed by atoms with van der Waals surface area (Å²) in [5.74, 6) is 0.653. The fourth-order valence-corrected chi connectivity index (χ4v) is 6.00. The Morgan fingerprint density at radius 1 is 0.974 bits per heavy atom. The van der Waals surface area contributed by atoms with Gasteiger partial charge in [-0.3, -0.25) is 9.36 Å². The van der Waals surface area contributed by atoms with Gasteiger partial charge in [0.2, 0.25) is 5.91 Å². The number of nitrogens with zero attached hydrogens (tertiary/aromatic N) is 5. The topological polar surface area (TPSA) is 85.7 Å². The summed E-state index contributed by atoms with van der Waals surface area (Å²) in [6, 6.07) is 12.9. The van der Waals surface area contributed by atoms with Crippen molar-refractivity contribution in [3.8, 4) is 0 Å². The molecule has 5 rings (SSSR count). The molecule has 9 heteroatoms. The van der Waals surface area contributed by atoms with Crippen LogP contribution in [0.5, 0.6) is 0 Å². The van der Waals surface area contributed by atoms with Gasteiger partial charge in [0.1, 0.15) is 5.82 Å². The average molecular weight is 532 g/mol. The number of piperidine rings is 2. The fraction of sp³-hybridized carbons (Fsp3) is 0.500. The maximum Gasteiger partial charge on any atom is 0.325 e. The number of carbonyl (C=O) groups is 2. The van der Waals surface area contributed by atoms with Crippen molar-refractivity contribution in [3.05, 3.63) is 48.8 Å². The Labute approximate surface area is 231 Å². The molecule has 3 aromatic rings. The second-order valence-electron chi connectivity index (χ2n) is 11.1. The minimum absolute atomic E-state index is 0.0203. The average Bonchev–Trinajstić information content (AvgIpc) is 3.40. The van der Waals surface area contributed by atoms with Gasteiger partial charge in [-0.2, -0.15) is 0 Å². The van der Waals surface area contributed by atoms with E-state index in [0.717, 1.165) is 48.2 Å². The predicted molar refractivity (Wildman–Crippen MR) is 157 cm³/mol. The first-order valence-corrected chi connectivity index (χ1v) is 14.2. The first-order chi connectivity index (χ1) is 18.8. The van der Waals surface area contributed by atoms with Gasteiger partial charge < -0.3 is 25.3 Å². The van der Waals surface area contributed by atoms with Crippen LogP contribution in [0, 0.1) is 5.92 Å². The molecule has 2 aromatic heterocycles. The molecule has 9 nitrogen and oxygen atoms in total. The van der Waals surface area contributed by atoms with Crippen LogP contribution >= 0.6 is 0 Å². The summed E-state index contributed by atoms with van der Waals surface area (Å²) in [6.07, 6.45) is 7.75. The third kappa shape index (κ3) is 5.94. The van der Waals surface area contributed by atoms with Crippen molar-refractivity contribution in [3.63, 3.8) is 0 Å². The summed E-state index contributed by atoms with van der Waals surface area (Å²) in [6.45, 7) is 8.89. The van der Waals surface area contributed by atoms with Crippen LogP contribution in [0.15, 0.2) is 48.8 Å². The van der Waals surface area contributed by atoms with Gasteiger partial charge in [0.05, 0.1) is 5.52 Å². The molecule has 0 radical (unpaired) electrons. The molecule has 2 N–H and O–H groups in total. The van der Waals surface area contributed by atoms with Gasteiger partial charge in [-0.15, -0.1) is 0 Å². The van der Waals surface area contributed by atoms with E-state index < -0.39 is 0 Å². The Bertz CT molecular complexity index is 1300. The smallest absolute Gasteiger partial charge is 0.325 e. The molecule has 0 aliphatic carbocycles. The SMILES string of the molecule is CNC(=O)n1ccc2cc(N(C)c3ccnc(NC(=O)C4CCN(C5CCN(C(C)C)CC5)CC4)c3)ccc21. The highest BCUT2D eigenvalue weighted by Crippen LogP contribution is 2.30. The molecule has 0 atom stereocenters. The van der Waals surface area contributed by atoms with E-state index in [2.05, 4.69) is 44.2 Å². The molecule has 2 aliphatic rings. The second-order valence-corrected chi connectivity index (χ2v) is 11.1. The lowest BCUT2D eigenvalue weighted by atomic mass is 9.92. The van der Waals surface area contributed by atoms with E-state index in [0.29, 0.717) is 17.9 Å². The number of aromatic nitrogens is 2. The molecule has 0 unspecified atom stereocenters. The highest BCUT2D eigenvalue weighted by Gasteiger charge is 2.31. The van der Waals surface area contributed by atoms with Crippen LogP contribution in [-0.2, 0) is 4.79 Å². The van der Waals surface area contributed by atoms with Gasteiger partial charge in [-0.25, -0.2) is 9.78 Å². The standard InChI is InChI=1S/C30H41N7O2/c1-21(2)35-16-11-24(12-17-35)36-14-8-22(9-15-36)29(38)33-28-20-26(7-13-32-28)34(4)25-5-6-27-23(19-25)10-18-37(27)30(39)31-3/h5-7,10,13,18-22,24H,8-9,11-12,14-17H2,1-4H3,(H,31,39)(H,32,33,38). The number of hydrogen-bond donors (Lipinski definition) is 2. The number of carbonyl (C=O) groups excluding carboxylic acids is 2. The van der Waals surface area contributed by atoms with Crippen molar-refractivity contribution >= 4 is 40.0 Å². The minimum atomic E-state index is -0.168. The first kappa shape index (κ1) is 27.1. The van der Waals surface area contributed by atoms with Gasteiger partial charge in [-0.1, -0.05) is 0 Å². The van der Waals surface area contributed by atoms with Crippen molar-refractivity contribution < 1.29 is 9.59 Å². The van der Waals surface area contributed by atoms with E-state index in [9.17, 15) is 9.59 Å². The molecule has 0 saturated carbocycles. The van der Waals surface area contributed by atoms with Crippen LogP contribution in [0.4, 0.5) is 22.0 Å². The highest BCUT2D eigenvalue weighted by molar-refractivity contribution is 5.94. The summed E-state index contributed by atoms with van der Waals surface area (Å²) >= 11 is 0. The fourth-order valence-electron chi connectivity index (χ4n) is 6.00. The van der Waals surface area contributed by atoms with E-state index in [-0.39, 0.29) is 17.9 Å².